The van der Waals surface area contributed by atoms with Crippen molar-refractivity contribution in [3.63, 3.8) is 0 Å². The lowest BCUT2D eigenvalue weighted by molar-refractivity contribution is -0.135. The predicted molar refractivity (Wildman–Crippen MR) is 106 cm³/mol. The normalized spacial score (nSPS) is 16.6. The minimum atomic E-state index is -1.02. The summed E-state index contributed by atoms with van der Waals surface area (Å²) in [6.45, 7) is 0. The van der Waals surface area contributed by atoms with Gasteiger partial charge >= 0.3 is 5.76 Å². The van der Waals surface area contributed by atoms with Gasteiger partial charge in [0.15, 0.2) is 11.4 Å². The summed E-state index contributed by atoms with van der Waals surface area (Å²) < 4.78 is 21.6. The highest BCUT2D eigenvalue weighted by Crippen LogP contribution is 2.27. The van der Waals surface area contributed by atoms with Gasteiger partial charge < -0.3 is 4.42 Å². The van der Waals surface area contributed by atoms with Crippen LogP contribution < -0.4 is 11.1 Å². The van der Waals surface area contributed by atoms with E-state index in [1.165, 1.54) is 16.9 Å². The van der Waals surface area contributed by atoms with E-state index >= 15 is 4.39 Å². The monoisotopic (exact) mass is 421 g/mol. The van der Waals surface area contributed by atoms with Gasteiger partial charge in [-0.1, -0.05) is 24.3 Å². The summed E-state index contributed by atoms with van der Waals surface area (Å²) >= 11 is 0. The summed E-state index contributed by atoms with van der Waals surface area (Å²) in [5.41, 5.74) is 1.50. The third-order valence-electron chi connectivity index (χ3n) is 5.21. The molecule has 156 valence electrons. The number of piperidine rings is 1. The molecule has 4 aromatic rings. The maximum absolute atomic E-state index is 15.4. The number of carbonyl (C=O) groups is 2. The minimum Gasteiger partial charge on any atom is -0.408 e. The molecule has 10 heteroatoms. The molecular weight excluding hydrogens is 405 g/mol. The van der Waals surface area contributed by atoms with Gasteiger partial charge in [0.1, 0.15) is 11.6 Å². The molecule has 1 unspecified atom stereocenters. The maximum atomic E-state index is 15.4. The number of aromatic nitrogens is 4. The van der Waals surface area contributed by atoms with Gasteiger partial charge in [-0.3, -0.25) is 19.5 Å². The molecule has 1 N–H and O–H groups in total. The molecular formula is C21H16FN5O4. The predicted octanol–water partition coefficient (Wildman–Crippen LogP) is 1.88. The van der Waals surface area contributed by atoms with E-state index in [0.717, 1.165) is 10.3 Å². The number of oxazole rings is 1. The van der Waals surface area contributed by atoms with Crippen molar-refractivity contribution in [3.8, 4) is 5.69 Å². The lowest BCUT2D eigenvalue weighted by Crippen LogP contribution is -2.43. The molecule has 1 saturated heterocycles. The zero-order valence-corrected chi connectivity index (χ0v) is 16.1. The molecule has 1 fully saturated rings. The lowest BCUT2D eigenvalue weighted by Gasteiger charge is -2.21. The average Bonchev–Trinajstić information content (AvgIpc) is 3.35. The largest absolute Gasteiger partial charge is 0.420 e. The molecule has 1 atom stereocenters. The van der Waals surface area contributed by atoms with Gasteiger partial charge in [0.05, 0.1) is 17.6 Å². The summed E-state index contributed by atoms with van der Waals surface area (Å²) in [5.74, 6) is -2.61. The van der Waals surface area contributed by atoms with Gasteiger partial charge in [-0.15, -0.1) is 0 Å². The molecule has 2 aromatic carbocycles. The van der Waals surface area contributed by atoms with E-state index in [2.05, 4.69) is 15.5 Å². The van der Waals surface area contributed by atoms with Crippen LogP contribution in [0.1, 0.15) is 30.1 Å². The summed E-state index contributed by atoms with van der Waals surface area (Å²) in [7, 11) is 0. The van der Waals surface area contributed by atoms with Crippen molar-refractivity contribution in [2.24, 2.45) is 0 Å². The Bertz CT molecular complexity index is 1370. The van der Waals surface area contributed by atoms with Gasteiger partial charge in [-0.05, 0) is 30.2 Å². The van der Waals surface area contributed by atoms with Crippen molar-refractivity contribution >= 4 is 22.9 Å². The third-order valence-corrected chi connectivity index (χ3v) is 5.21. The molecule has 0 aliphatic carbocycles. The Morgan fingerprint density at radius 2 is 1.94 bits per heavy atom. The number of benzene rings is 2. The molecule has 0 radical (unpaired) electrons. The highest BCUT2D eigenvalue weighted by atomic mass is 19.1. The Morgan fingerprint density at radius 1 is 1.13 bits per heavy atom. The number of para-hydroxylation sites is 1. The molecule has 2 aromatic heterocycles. The molecule has 9 nitrogen and oxygen atoms in total. The second-order valence-corrected chi connectivity index (χ2v) is 7.23. The second kappa shape index (κ2) is 7.31. The van der Waals surface area contributed by atoms with Crippen LogP contribution >= 0.6 is 0 Å². The molecule has 0 spiro atoms. The summed E-state index contributed by atoms with van der Waals surface area (Å²) in [6, 6.07) is 11.3. The number of amides is 2. The van der Waals surface area contributed by atoms with Crippen molar-refractivity contribution in [1.29, 1.82) is 0 Å². The second-order valence-electron chi connectivity index (χ2n) is 7.23. The Labute approximate surface area is 174 Å². The van der Waals surface area contributed by atoms with Crippen LogP contribution in [0.2, 0.25) is 0 Å². The Balaban J connectivity index is 1.52. The topological polar surface area (TPSA) is 112 Å². The lowest BCUT2D eigenvalue weighted by atomic mass is 10.0. The summed E-state index contributed by atoms with van der Waals surface area (Å²) in [4.78, 5) is 37.5. The molecule has 1 aliphatic rings. The Hall–Kier alpha value is -4.08. The summed E-state index contributed by atoms with van der Waals surface area (Å²) in [6.07, 6.45) is 1.82. The fraction of sp³-hybridized carbons (Fsp3) is 0.190. The molecule has 1 aliphatic heterocycles. The van der Waals surface area contributed by atoms with E-state index in [1.807, 2.05) is 30.3 Å². The smallest absolute Gasteiger partial charge is 0.408 e. The fourth-order valence-electron chi connectivity index (χ4n) is 3.73. The Morgan fingerprint density at radius 3 is 2.71 bits per heavy atom. The van der Waals surface area contributed by atoms with Gasteiger partial charge in [-0.2, -0.15) is 15.0 Å². The van der Waals surface area contributed by atoms with Crippen LogP contribution in [-0.2, 0) is 16.0 Å². The number of hydrogen-bond donors (Lipinski definition) is 1. The van der Waals surface area contributed by atoms with Crippen LogP contribution in [0.15, 0.2) is 57.9 Å². The van der Waals surface area contributed by atoms with Crippen LogP contribution in [0.5, 0.6) is 0 Å². The average molecular weight is 421 g/mol. The van der Waals surface area contributed by atoms with E-state index < -0.39 is 29.4 Å². The Kier molecular flexibility index (Phi) is 4.46. The number of imide groups is 1. The van der Waals surface area contributed by atoms with Gasteiger partial charge in [0, 0.05) is 12.8 Å². The fourth-order valence-corrected chi connectivity index (χ4v) is 3.73. The quantitative estimate of drug-likeness (QED) is 0.504. The molecule has 2 amide bonds. The molecule has 3 heterocycles. The van der Waals surface area contributed by atoms with Crippen molar-refractivity contribution in [1.82, 2.24) is 24.9 Å². The third kappa shape index (κ3) is 3.31. The van der Waals surface area contributed by atoms with Crippen LogP contribution in [-0.4, -0.2) is 31.4 Å². The highest BCUT2D eigenvalue weighted by Gasteiger charge is 2.32. The van der Waals surface area contributed by atoms with E-state index in [4.69, 9.17) is 4.42 Å². The first kappa shape index (κ1) is 18.9. The van der Waals surface area contributed by atoms with Crippen molar-refractivity contribution in [3.05, 3.63) is 76.3 Å². The number of nitrogens with one attached hydrogen (secondary N) is 1. The SMILES string of the molecule is O=C1CCC(n2c(=O)oc3ccc(Cc4cnn(-c5ccccc5)n4)c(F)c32)C(=O)N1. The number of fused-ring (bicyclic) bond motifs is 1. The maximum Gasteiger partial charge on any atom is 0.420 e. The number of rotatable bonds is 4. The number of carbonyl (C=O) groups excluding carboxylic acids is 2. The first-order valence-electron chi connectivity index (χ1n) is 9.64. The number of hydrogen-bond acceptors (Lipinski definition) is 6. The van der Waals surface area contributed by atoms with Crippen molar-refractivity contribution in [2.45, 2.75) is 25.3 Å². The molecule has 0 bridgehead atoms. The standard InChI is InChI=1S/C21H16FN5O4/c22-18-12(10-13-11-23-27(25-13)14-4-2-1-3-5-14)6-8-16-19(18)26(21(30)31-16)15-7-9-17(28)24-20(15)29/h1-6,8,11,15H,7,9-10H2,(H,24,28,29). The minimum absolute atomic E-state index is 0.0314. The van der Waals surface area contributed by atoms with Crippen molar-refractivity contribution < 1.29 is 18.4 Å². The highest BCUT2D eigenvalue weighted by molar-refractivity contribution is 6.00. The first-order valence-corrected chi connectivity index (χ1v) is 9.64. The van der Waals surface area contributed by atoms with Gasteiger partial charge in [-0.25, -0.2) is 9.18 Å². The van der Waals surface area contributed by atoms with E-state index in [-0.39, 0.29) is 35.9 Å². The van der Waals surface area contributed by atoms with Crippen LogP contribution in [0.4, 0.5) is 4.39 Å². The van der Waals surface area contributed by atoms with E-state index in [9.17, 15) is 14.4 Å². The van der Waals surface area contributed by atoms with Gasteiger partial charge in [0.25, 0.3) is 0 Å². The first-order chi connectivity index (χ1) is 15.0. The van der Waals surface area contributed by atoms with Crippen LogP contribution in [0, 0.1) is 5.82 Å². The van der Waals surface area contributed by atoms with E-state index in [1.54, 1.807) is 6.20 Å². The zero-order chi connectivity index (χ0) is 21.5. The van der Waals surface area contributed by atoms with Crippen LogP contribution in [0.25, 0.3) is 16.8 Å². The zero-order valence-electron chi connectivity index (χ0n) is 16.1. The molecule has 5 rings (SSSR count). The molecule has 31 heavy (non-hydrogen) atoms. The van der Waals surface area contributed by atoms with Crippen LogP contribution in [0.3, 0.4) is 0 Å². The van der Waals surface area contributed by atoms with Gasteiger partial charge in [0.2, 0.25) is 11.8 Å². The van der Waals surface area contributed by atoms with Crippen molar-refractivity contribution in [2.75, 3.05) is 0 Å². The van der Waals surface area contributed by atoms with E-state index in [0.29, 0.717) is 5.69 Å². The number of halogens is 1. The molecule has 0 saturated carbocycles. The summed E-state index contributed by atoms with van der Waals surface area (Å²) in [5, 5.41) is 10.8. The number of nitrogens with zero attached hydrogens (tertiary/aromatic N) is 4.